The number of rotatable bonds is 7. The number of hydrogen-bond acceptors (Lipinski definition) is 3. The topological polar surface area (TPSA) is 70.6 Å². The fourth-order valence-electron chi connectivity index (χ4n) is 2.83. The van der Waals surface area contributed by atoms with E-state index < -0.39 is 9.84 Å². The molecule has 1 aromatic rings. The molecule has 0 heterocycles. The van der Waals surface area contributed by atoms with Gasteiger partial charge >= 0.3 is 0 Å². The highest BCUT2D eigenvalue weighted by Crippen LogP contribution is 2.19. The summed E-state index contributed by atoms with van der Waals surface area (Å²) in [5.41, 5.74) is 2.53. The van der Waals surface area contributed by atoms with Crippen molar-refractivity contribution in [1.29, 1.82) is 0 Å². The molecule has 138 valence electrons. The van der Waals surface area contributed by atoms with E-state index >= 15 is 0 Å². The molecule has 1 aliphatic carbocycles. The smallest absolute Gasteiger partial charge is 0.191 e. The van der Waals surface area contributed by atoms with Crippen LogP contribution in [0.4, 0.5) is 0 Å². The van der Waals surface area contributed by atoms with Crippen LogP contribution in [0.2, 0.25) is 0 Å². The lowest BCUT2D eigenvalue weighted by Gasteiger charge is -2.15. The number of hydrogen-bond donors (Lipinski definition) is 2. The normalized spacial score (nSPS) is 15.6. The minimum absolute atomic E-state index is 0.339. The Hall–Kier alpha value is -1.82. The third-order valence-corrected chi connectivity index (χ3v) is 5.37. The Labute approximate surface area is 151 Å². The highest BCUT2D eigenvalue weighted by atomic mass is 32.2. The van der Waals surface area contributed by atoms with Crippen LogP contribution in [-0.4, -0.2) is 33.7 Å². The van der Waals surface area contributed by atoms with Crippen molar-refractivity contribution in [3.63, 3.8) is 0 Å². The lowest BCUT2D eigenvalue weighted by atomic mass is 9.97. The predicted molar refractivity (Wildman–Crippen MR) is 104 cm³/mol. The Morgan fingerprint density at radius 1 is 1.16 bits per heavy atom. The Morgan fingerprint density at radius 2 is 1.92 bits per heavy atom. The van der Waals surface area contributed by atoms with Gasteiger partial charge in [-0.2, -0.15) is 0 Å². The molecule has 1 aliphatic rings. The van der Waals surface area contributed by atoms with Gasteiger partial charge in [-0.25, -0.2) is 13.4 Å². The maximum atomic E-state index is 11.5. The van der Waals surface area contributed by atoms with Crippen molar-refractivity contribution >= 4 is 15.8 Å². The van der Waals surface area contributed by atoms with Crippen molar-refractivity contribution in [3.05, 3.63) is 41.5 Å². The number of sulfone groups is 1. The fourth-order valence-corrected chi connectivity index (χ4v) is 3.46. The molecule has 2 rings (SSSR count). The zero-order valence-electron chi connectivity index (χ0n) is 15.2. The van der Waals surface area contributed by atoms with Gasteiger partial charge in [-0.1, -0.05) is 23.8 Å². The summed E-state index contributed by atoms with van der Waals surface area (Å²) in [5.74, 6) is 0.797. The van der Waals surface area contributed by atoms with Crippen LogP contribution in [-0.2, 0) is 16.4 Å². The largest absolute Gasteiger partial charge is 0.357 e. The first-order valence-electron chi connectivity index (χ1n) is 8.98. The third-order valence-electron chi connectivity index (χ3n) is 4.24. The number of nitrogens with one attached hydrogen (secondary N) is 2. The first-order valence-corrected chi connectivity index (χ1v) is 10.9. The SMILES string of the molecule is CCNC(=NCc1ccc(S(C)(=O)=O)cc1)NCCC1=CCCCC1. The number of nitrogens with zero attached hydrogens (tertiary/aromatic N) is 1. The summed E-state index contributed by atoms with van der Waals surface area (Å²) in [6.45, 7) is 4.25. The Balaban J connectivity index is 1.88. The number of benzene rings is 1. The van der Waals surface area contributed by atoms with E-state index in [1.54, 1.807) is 17.7 Å². The molecule has 0 aliphatic heterocycles. The second kappa shape index (κ2) is 9.61. The minimum atomic E-state index is -3.15. The van der Waals surface area contributed by atoms with Gasteiger partial charge in [0.1, 0.15) is 0 Å². The van der Waals surface area contributed by atoms with E-state index in [9.17, 15) is 8.42 Å². The van der Waals surface area contributed by atoms with Crippen LogP contribution >= 0.6 is 0 Å². The molecule has 0 atom stereocenters. The van der Waals surface area contributed by atoms with E-state index in [2.05, 4.69) is 21.7 Å². The molecule has 0 amide bonds. The van der Waals surface area contributed by atoms with Gasteiger partial charge in [0.15, 0.2) is 15.8 Å². The molecular formula is C19H29N3O2S. The Kier molecular flexibility index (Phi) is 7.50. The van der Waals surface area contributed by atoms with Gasteiger partial charge in [-0.3, -0.25) is 0 Å². The van der Waals surface area contributed by atoms with E-state index in [0.717, 1.165) is 31.0 Å². The molecule has 1 aromatic carbocycles. The summed E-state index contributed by atoms with van der Waals surface area (Å²) in [6.07, 6.45) is 9.72. The molecule has 5 nitrogen and oxygen atoms in total. The van der Waals surface area contributed by atoms with Gasteiger partial charge in [0.25, 0.3) is 0 Å². The summed E-state index contributed by atoms with van der Waals surface area (Å²) in [6, 6.07) is 6.90. The highest BCUT2D eigenvalue weighted by molar-refractivity contribution is 7.90. The second-order valence-electron chi connectivity index (χ2n) is 6.40. The minimum Gasteiger partial charge on any atom is -0.357 e. The predicted octanol–water partition coefficient (Wildman–Crippen LogP) is 3.04. The zero-order valence-corrected chi connectivity index (χ0v) is 16.0. The van der Waals surface area contributed by atoms with E-state index in [4.69, 9.17) is 0 Å². The van der Waals surface area contributed by atoms with Crippen LogP contribution in [0.3, 0.4) is 0 Å². The van der Waals surface area contributed by atoms with Gasteiger partial charge in [-0.15, -0.1) is 0 Å². The van der Waals surface area contributed by atoms with Crippen LogP contribution in [0.15, 0.2) is 45.8 Å². The molecule has 0 saturated heterocycles. The lowest BCUT2D eigenvalue weighted by Crippen LogP contribution is -2.37. The monoisotopic (exact) mass is 363 g/mol. The second-order valence-corrected chi connectivity index (χ2v) is 8.41. The van der Waals surface area contributed by atoms with E-state index in [0.29, 0.717) is 11.4 Å². The van der Waals surface area contributed by atoms with Crippen molar-refractivity contribution in [3.8, 4) is 0 Å². The average molecular weight is 364 g/mol. The molecule has 2 N–H and O–H groups in total. The molecule has 0 radical (unpaired) electrons. The van der Waals surface area contributed by atoms with Crippen molar-refractivity contribution in [2.24, 2.45) is 4.99 Å². The summed E-state index contributed by atoms with van der Waals surface area (Å²) in [7, 11) is -3.15. The van der Waals surface area contributed by atoms with Gasteiger partial charge < -0.3 is 10.6 Å². The molecule has 0 saturated carbocycles. The van der Waals surface area contributed by atoms with Gasteiger partial charge in [-0.05, 0) is 56.7 Å². The standard InChI is InChI=1S/C19H29N3O2S/c1-3-20-19(21-14-13-16-7-5-4-6-8-16)22-15-17-9-11-18(12-10-17)25(2,23)24/h7,9-12H,3-6,8,13-15H2,1-2H3,(H2,20,21,22). The molecule has 25 heavy (non-hydrogen) atoms. The zero-order chi connectivity index (χ0) is 18.1. The first kappa shape index (κ1) is 19.5. The maximum absolute atomic E-state index is 11.5. The fraction of sp³-hybridized carbons (Fsp3) is 0.526. The Bertz CT molecular complexity index is 707. The molecule has 6 heteroatoms. The van der Waals surface area contributed by atoms with Crippen molar-refractivity contribution in [2.75, 3.05) is 19.3 Å². The quantitative estimate of drug-likeness (QED) is 0.444. The van der Waals surface area contributed by atoms with Crippen LogP contribution in [0.1, 0.15) is 44.6 Å². The van der Waals surface area contributed by atoms with Crippen LogP contribution < -0.4 is 10.6 Å². The van der Waals surface area contributed by atoms with Crippen molar-refractivity contribution in [2.45, 2.75) is 50.5 Å². The molecule has 0 aromatic heterocycles. The number of guanidine groups is 1. The number of aliphatic imine (C=N–C) groups is 1. The molecule has 0 bridgehead atoms. The van der Waals surface area contributed by atoms with E-state index in [1.165, 1.54) is 31.9 Å². The number of allylic oxidation sites excluding steroid dienone is 1. The lowest BCUT2D eigenvalue weighted by molar-refractivity contribution is 0.602. The van der Waals surface area contributed by atoms with Crippen LogP contribution in [0.5, 0.6) is 0 Å². The van der Waals surface area contributed by atoms with Crippen molar-refractivity contribution in [1.82, 2.24) is 10.6 Å². The van der Waals surface area contributed by atoms with Gasteiger partial charge in [0.2, 0.25) is 0 Å². The first-order chi connectivity index (χ1) is 12.0. The molecule has 0 fully saturated rings. The third kappa shape index (κ3) is 6.90. The summed E-state index contributed by atoms with van der Waals surface area (Å²) >= 11 is 0. The highest BCUT2D eigenvalue weighted by Gasteiger charge is 2.06. The van der Waals surface area contributed by atoms with E-state index in [1.807, 2.05) is 19.1 Å². The van der Waals surface area contributed by atoms with Crippen LogP contribution in [0.25, 0.3) is 0 Å². The molecular weight excluding hydrogens is 334 g/mol. The average Bonchev–Trinajstić information content (AvgIpc) is 2.60. The van der Waals surface area contributed by atoms with Gasteiger partial charge in [0, 0.05) is 19.3 Å². The Morgan fingerprint density at radius 3 is 2.52 bits per heavy atom. The molecule has 0 spiro atoms. The summed E-state index contributed by atoms with van der Waals surface area (Å²) in [5, 5.41) is 6.63. The molecule has 0 unspecified atom stereocenters. The van der Waals surface area contributed by atoms with E-state index in [-0.39, 0.29) is 0 Å². The van der Waals surface area contributed by atoms with Crippen LogP contribution in [0, 0.1) is 0 Å². The summed E-state index contributed by atoms with van der Waals surface area (Å²) in [4.78, 5) is 4.92. The van der Waals surface area contributed by atoms with Crippen molar-refractivity contribution < 1.29 is 8.42 Å². The summed E-state index contributed by atoms with van der Waals surface area (Å²) < 4.78 is 23.0. The van der Waals surface area contributed by atoms with Gasteiger partial charge in [0.05, 0.1) is 11.4 Å². The maximum Gasteiger partial charge on any atom is 0.191 e.